The largest absolute Gasteiger partial charge is 0.416 e. The van der Waals surface area contributed by atoms with Gasteiger partial charge >= 0.3 is 0 Å². The van der Waals surface area contributed by atoms with Crippen LogP contribution in [-0.2, 0) is 4.79 Å². The lowest BCUT2D eigenvalue weighted by molar-refractivity contribution is -0.115. The zero-order valence-corrected chi connectivity index (χ0v) is 12.3. The molecule has 0 aliphatic carbocycles. The van der Waals surface area contributed by atoms with Crippen LogP contribution >= 0.6 is 11.8 Å². The Morgan fingerprint density at radius 3 is 2.80 bits per heavy atom. The van der Waals surface area contributed by atoms with Gasteiger partial charge in [0.05, 0.1) is 5.25 Å². The standard InChI is InChI=1S/C13H16N4O2S/c1-7-4-5-10(14)6-11(7)15-12(18)8(2)20-13-17-16-9(3)19-13/h4-6,8H,14H2,1-3H3,(H,15,18). The molecule has 0 aliphatic heterocycles. The van der Waals surface area contributed by atoms with E-state index in [2.05, 4.69) is 15.5 Å². The fourth-order valence-corrected chi connectivity index (χ4v) is 2.26. The summed E-state index contributed by atoms with van der Waals surface area (Å²) >= 11 is 1.22. The molecule has 6 nitrogen and oxygen atoms in total. The third-order valence-corrected chi connectivity index (χ3v) is 3.61. The molecule has 0 spiro atoms. The van der Waals surface area contributed by atoms with Gasteiger partial charge in [-0.1, -0.05) is 17.8 Å². The lowest BCUT2D eigenvalue weighted by atomic mass is 10.2. The number of nitrogens with two attached hydrogens (primary N) is 1. The van der Waals surface area contributed by atoms with Gasteiger partial charge in [0, 0.05) is 18.3 Å². The topological polar surface area (TPSA) is 94.0 Å². The molecule has 0 radical (unpaired) electrons. The number of carbonyl (C=O) groups is 1. The fourth-order valence-electron chi connectivity index (χ4n) is 1.54. The van der Waals surface area contributed by atoms with Crippen LogP contribution in [0.3, 0.4) is 0 Å². The second-order valence-corrected chi connectivity index (χ2v) is 5.70. The number of rotatable bonds is 4. The van der Waals surface area contributed by atoms with Crippen LogP contribution in [0.15, 0.2) is 27.8 Å². The summed E-state index contributed by atoms with van der Waals surface area (Å²) in [7, 11) is 0. The van der Waals surface area contributed by atoms with Crippen molar-refractivity contribution in [2.75, 3.05) is 11.1 Å². The van der Waals surface area contributed by atoms with Crippen molar-refractivity contribution >= 4 is 29.0 Å². The van der Waals surface area contributed by atoms with E-state index in [-0.39, 0.29) is 11.2 Å². The van der Waals surface area contributed by atoms with Crippen LogP contribution in [0.4, 0.5) is 11.4 Å². The van der Waals surface area contributed by atoms with Crippen molar-refractivity contribution in [3.05, 3.63) is 29.7 Å². The number of nitrogens with one attached hydrogen (secondary N) is 1. The second kappa shape index (κ2) is 5.96. The Morgan fingerprint density at radius 1 is 1.40 bits per heavy atom. The first-order valence-corrected chi connectivity index (χ1v) is 6.97. The minimum Gasteiger partial charge on any atom is -0.416 e. The number of anilines is 2. The fraction of sp³-hybridized carbons (Fsp3) is 0.308. The number of carbonyl (C=O) groups excluding carboxylic acids is 1. The van der Waals surface area contributed by atoms with Gasteiger partial charge in [-0.25, -0.2) is 0 Å². The van der Waals surface area contributed by atoms with Gasteiger partial charge in [0.2, 0.25) is 11.8 Å². The summed E-state index contributed by atoms with van der Waals surface area (Å²) in [4.78, 5) is 12.1. The van der Waals surface area contributed by atoms with Gasteiger partial charge in [-0.2, -0.15) is 0 Å². The maximum atomic E-state index is 12.1. The minimum atomic E-state index is -0.351. The number of amides is 1. The van der Waals surface area contributed by atoms with Crippen LogP contribution in [0.5, 0.6) is 0 Å². The monoisotopic (exact) mass is 292 g/mol. The van der Waals surface area contributed by atoms with Crippen molar-refractivity contribution in [2.45, 2.75) is 31.2 Å². The highest BCUT2D eigenvalue weighted by atomic mass is 32.2. The Labute approximate surface area is 121 Å². The molecule has 0 saturated heterocycles. The number of benzene rings is 1. The maximum absolute atomic E-state index is 12.1. The Kier molecular flexibility index (Phi) is 4.29. The van der Waals surface area contributed by atoms with Gasteiger partial charge in [0.1, 0.15) is 0 Å². The number of nitrogens with zero attached hydrogens (tertiary/aromatic N) is 2. The minimum absolute atomic E-state index is 0.139. The van der Waals surface area contributed by atoms with Crippen molar-refractivity contribution in [3.63, 3.8) is 0 Å². The zero-order chi connectivity index (χ0) is 14.7. The van der Waals surface area contributed by atoms with E-state index >= 15 is 0 Å². The molecule has 1 heterocycles. The Hall–Kier alpha value is -2.02. The van der Waals surface area contributed by atoms with Crippen molar-refractivity contribution < 1.29 is 9.21 Å². The molecule has 0 bridgehead atoms. The molecule has 20 heavy (non-hydrogen) atoms. The van der Waals surface area contributed by atoms with Crippen LogP contribution in [0, 0.1) is 13.8 Å². The second-order valence-electron chi connectivity index (χ2n) is 4.41. The SMILES string of the molecule is Cc1nnc(SC(C)C(=O)Nc2cc(N)ccc2C)o1. The third-order valence-electron chi connectivity index (χ3n) is 2.67. The van der Waals surface area contributed by atoms with Gasteiger partial charge in [-0.3, -0.25) is 4.79 Å². The molecule has 2 rings (SSSR count). The van der Waals surface area contributed by atoms with Crippen LogP contribution in [0.2, 0.25) is 0 Å². The van der Waals surface area contributed by atoms with E-state index in [4.69, 9.17) is 10.2 Å². The Balaban J connectivity index is 2.02. The zero-order valence-electron chi connectivity index (χ0n) is 11.5. The van der Waals surface area contributed by atoms with Crippen molar-refractivity contribution in [1.82, 2.24) is 10.2 Å². The molecule has 7 heteroatoms. The quantitative estimate of drug-likeness (QED) is 0.663. The van der Waals surface area contributed by atoms with Crippen molar-refractivity contribution in [3.8, 4) is 0 Å². The molecule has 1 aromatic heterocycles. The molecular formula is C13H16N4O2S. The van der Waals surface area contributed by atoms with E-state index in [1.807, 2.05) is 13.0 Å². The number of hydrogen-bond acceptors (Lipinski definition) is 6. The van der Waals surface area contributed by atoms with Gasteiger partial charge in [-0.05, 0) is 31.5 Å². The number of aryl methyl sites for hydroxylation is 2. The highest BCUT2D eigenvalue weighted by Gasteiger charge is 2.18. The molecule has 2 aromatic rings. The molecule has 1 aromatic carbocycles. The summed E-state index contributed by atoms with van der Waals surface area (Å²) in [6.45, 7) is 5.40. The van der Waals surface area contributed by atoms with Crippen LogP contribution in [-0.4, -0.2) is 21.4 Å². The predicted octanol–water partition coefficient (Wildman–Crippen LogP) is 2.39. The summed E-state index contributed by atoms with van der Waals surface area (Å²) in [5.74, 6) is 0.339. The van der Waals surface area contributed by atoms with E-state index in [1.165, 1.54) is 11.8 Å². The highest BCUT2D eigenvalue weighted by molar-refractivity contribution is 8.00. The normalized spacial score (nSPS) is 12.2. The molecule has 1 atom stereocenters. The molecule has 0 fully saturated rings. The Morgan fingerprint density at radius 2 is 2.15 bits per heavy atom. The predicted molar refractivity (Wildman–Crippen MR) is 78.6 cm³/mol. The number of hydrogen-bond donors (Lipinski definition) is 2. The van der Waals surface area contributed by atoms with Crippen molar-refractivity contribution in [2.24, 2.45) is 0 Å². The molecular weight excluding hydrogens is 276 g/mol. The number of nitrogen functional groups attached to an aromatic ring is 1. The average Bonchev–Trinajstić information content (AvgIpc) is 2.79. The van der Waals surface area contributed by atoms with Crippen molar-refractivity contribution in [1.29, 1.82) is 0 Å². The van der Waals surface area contributed by atoms with E-state index in [0.29, 0.717) is 22.5 Å². The van der Waals surface area contributed by atoms with E-state index in [0.717, 1.165) is 5.56 Å². The smallest absolute Gasteiger partial charge is 0.277 e. The van der Waals surface area contributed by atoms with Gasteiger partial charge < -0.3 is 15.5 Å². The highest BCUT2D eigenvalue weighted by Crippen LogP contribution is 2.24. The van der Waals surface area contributed by atoms with Crippen LogP contribution in [0.1, 0.15) is 18.4 Å². The maximum Gasteiger partial charge on any atom is 0.277 e. The first kappa shape index (κ1) is 14.4. The van der Waals surface area contributed by atoms with Gasteiger partial charge in [0.25, 0.3) is 5.22 Å². The molecule has 1 unspecified atom stereocenters. The summed E-state index contributed by atoms with van der Waals surface area (Å²) < 4.78 is 5.24. The lowest BCUT2D eigenvalue weighted by Crippen LogP contribution is -2.22. The van der Waals surface area contributed by atoms with E-state index in [1.54, 1.807) is 26.0 Å². The molecule has 106 valence electrons. The van der Waals surface area contributed by atoms with Gasteiger partial charge in [-0.15, -0.1) is 10.2 Å². The number of aromatic nitrogens is 2. The van der Waals surface area contributed by atoms with E-state index in [9.17, 15) is 4.79 Å². The Bertz CT molecular complexity index is 627. The summed E-state index contributed by atoms with van der Waals surface area (Å²) in [6.07, 6.45) is 0. The average molecular weight is 292 g/mol. The summed E-state index contributed by atoms with van der Waals surface area (Å²) in [6, 6.07) is 5.40. The summed E-state index contributed by atoms with van der Waals surface area (Å²) in [5, 5.41) is 10.5. The van der Waals surface area contributed by atoms with E-state index < -0.39 is 0 Å². The lowest BCUT2D eigenvalue weighted by Gasteiger charge is -2.12. The molecule has 0 saturated carbocycles. The van der Waals surface area contributed by atoms with Gasteiger partial charge in [0.15, 0.2) is 0 Å². The van der Waals surface area contributed by atoms with Crippen LogP contribution < -0.4 is 11.1 Å². The molecule has 0 aliphatic rings. The third kappa shape index (κ3) is 3.51. The molecule has 1 amide bonds. The number of thioether (sulfide) groups is 1. The molecule has 3 N–H and O–H groups in total. The first-order chi connectivity index (χ1) is 9.45. The van der Waals surface area contributed by atoms with Crippen LogP contribution in [0.25, 0.3) is 0 Å². The first-order valence-electron chi connectivity index (χ1n) is 6.09. The summed E-state index contributed by atoms with van der Waals surface area (Å²) in [5.41, 5.74) is 7.99.